The maximum atomic E-state index is 2.69. The van der Waals surface area contributed by atoms with Gasteiger partial charge in [-0.05, 0) is 79.9 Å². The van der Waals surface area contributed by atoms with E-state index in [4.69, 9.17) is 0 Å². The molecule has 4 aliphatic carbocycles. The molecule has 0 N–H and O–H groups in total. The number of para-hydroxylation sites is 2. The number of likely N-dealkylation sites (tertiary alicyclic amines) is 1. The molecule has 48 heavy (non-hydrogen) atoms. The minimum Gasteiger partial charge on any atom is -0.338 e. The van der Waals surface area contributed by atoms with Gasteiger partial charge in [-0.25, -0.2) is 0 Å². The van der Waals surface area contributed by atoms with Crippen LogP contribution in [-0.2, 0) is 0 Å². The van der Waals surface area contributed by atoms with E-state index in [9.17, 15) is 0 Å². The van der Waals surface area contributed by atoms with Crippen LogP contribution < -0.4 is 0 Å². The highest BCUT2D eigenvalue weighted by molar-refractivity contribution is 6.24. The fraction of sp³-hybridized carbons (Fsp3) is 0.244. The molecule has 3 heteroatoms. The molecule has 0 spiro atoms. The zero-order chi connectivity index (χ0) is 32.0. The van der Waals surface area contributed by atoms with E-state index in [-0.39, 0.29) is 5.41 Å². The van der Waals surface area contributed by atoms with Gasteiger partial charge in [0, 0.05) is 50.3 Å². The Balaban J connectivity index is 1.20. The molecule has 2 atom stereocenters. The Kier molecular flexibility index (Phi) is 6.13. The van der Waals surface area contributed by atoms with Gasteiger partial charge in [-0.15, -0.1) is 0 Å². The van der Waals surface area contributed by atoms with Gasteiger partial charge in [0.15, 0.2) is 0 Å². The van der Waals surface area contributed by atoms with Crippen molar-refractivity contribution in [2.24, 2.45) is 11.3 Å². The molecule has 5 aliphatic rings. The zero-order valence-corrected chi connectivity index (χ0v) is 27.9. The van der Waals surface area contributed by atoms with Crippen LogP contribution in [0.1, 0.15) is 52.4 Å². The van der Waals surface area contributed by atoms with Crippen molar-refractivity contribution in [2.45, 2.75) is 58.4 Å². The van der Waals surface area contributed by atoms with E-state index in [1.165, 1.54) is 72.0 Å². The molecule has 0 amide bonds. The lowest BCUT2D eigenvalue weighted by molar-refractivity contribution is 0.155. The average molecular weight is 624 g/mol. The standard InChI is InChI=1S/C45H41N3/c1-45(2)37-18-8-12-22-41(37)46(42-23-13-9-19-38(42)45)31-24-26-32(27-25-31)48-40-21-11-7-17-34(40)36-29-28-35-33-16-6-10-20-39(33)47(43(35)44(36)48)30-14-4-3-5-15-30/h3-4,6-8,10-12,14,16-24,26,28-29,37,41H,5,9,13,15,25,27H2,1-2H3. The number of hydrogen-bond donors (Lipinski definition) is 0. The molecule has 3 nitrogen and oxygen atoms in total. The normalized spacial score (nSPS) is 23.2. The summed E-state index contributed by atoms with van der Waals surface area (Å²) in [6.45, 7) is 4.90. The highest BCUT2D eigenvalue weighted by Crippen LogP contribution is 2.53. The lowest BCUT2D eigenvalue weighted by Crippen LogP contribution is -2.51. The fourth-order valence-electron chi connectivity index (χ4n) is 9.56. The predicted molar refractivity (Wildman–Crippen MR) is 203 cm³/mol. The Bertz CT molecular complexity index is 2440. The van der Waals surface area contributed by atoms with E-state index in [0.29, 0.717) is 12.0 Å². The van der Waals surface area contributed by atoms with Crippen LogP contribution in [0.15, 0.2) is 144 Å². The Morgan fingerprint density at radius 2 is 1.21 bits per heavy atom. The summed E-state index contributed by atoms with van der Waals surface area (Å²) in [5, 5.41) is 5.30. The highest BCUT2D eigenvalue weighted by atomic mass is 15.2. The third-order valence-corrected chi connectivity index (χ3v) is 11.8. The molecule has 3 aromatic carbocycles. The fourth-order valence-corrected chi connectivity index (χ4v) is 9.56. The number of hydrogen-bond acceptors (Lipinski definition) is 1. The minimum absolute atomic E-state index is 0.112. The quantitative estimate of drug-likeness (QED) is 0.195. The predicted octanol–water partition coefficient (Wildman–Crippen LogP) is 11.7. The first-order valence-corrected chi connectivity index (χ1v) is 17.9. The topological polar surface area (TPSA) is 13.1 Å². The van der Waals surface area contributed by atoms with Crippen molar-refractivity contribution in [3.8, 4) is 0 Å². The van der Waals surface area contributed by atoms with Gasteiger partial charge in [-0.1, -0.05) is 111 Å². The van der Waals surface area contributed by atoms with Crippen molar-refractivity contribution in [3.63, 3.8) is 0 Å². The molecule has 1 aliphatic heterocycles. The Morgan fingerprint density at radius 3 is 1.88 bits per heavy atom. The van der Waals surface area contributed by atoms with Crippen molar-refractivity contribution in [1.82, 2.24) is 14.0 Å². The van der Waals surface area contributed by atoms with E-state index in [1.807, 2.05) is 0 Å². The van der Waals surface area contributed by atoms with Gasteiger partial charge in [-0.2, -0.15) is 0 Å². The van der Waals surface area contributed by atoms with E-state index in [2.05, 4.69) is 155 Å². The summed E-state index contributed by atoms with van der Waals surface area (Å²) in [5.41, 5.74) is 12.5. The molecule has 10 rings (SSSR count). The lowest BCUT2D eigenvalue weighted by Gasteiger charge is -2.54. The molecular weight excluding hydrogens is 583 g/mol. The third-order valence-electron chi connectivity index (χ3n) is 11.8. The number of piperidine rings is 1. The highest BCUT2D eigenvalue weighted by Gasteiger charge is 2.47. The van der Waals surface area contributed by atoms with Crippen LogP contribution in [0.4, 0.5) is 0 Å². The summed E-state index contributed by atoms with van der Waals surface area (Å²) < 4.78 is 5.17. The maximum absolute atomic E-state index is 2.69. The SMILES string of the molecule is CC1(C)C2=CCCC=C2N(C2=CC=C(n3c4ccccc4c4ccc5c6ccccc6n(C6=CC=CCC6)c5c43)CC2)C2C=CC=CC21. The number of allylic oxidation sites excluding steroid dienone is 13. The first-order valence-electron chi connectivity index (χ1n) is 17.9. The van der Waals surface area contributed by atoms with Crippen molar-refractivity contribution in [2.75, 3.05) is 0 Å². The van der Waals surface area contributed by atoms with Gasteiger partial charge in [0.1, 0.15) is 0 Å². The average Bonchev–Trinajstić information content (AvgIpc) is 3.66. The summed E-state index contributed by atoms with van der Waals surface area (Å²) in [7, 11) is 0. The molecule has 236 valence electrons. The largest absolute Gasteiger partial charge is 0.338 e. The molecular formula is C45H41N3. The van der Waals surface area contributed by atoms with Gasteiger partial charge >= 0.3 is 0 Å². The van der Waals surface area contributed by atoms with E-state index in [1.54, 1.807) is 0 Å². The van der Waals surface area contributed by atoms with E-state index < -0.39 is 0 Å². The molecule has 2 unspecified atom stereocenters. The van der Waals surface area contributed by atoms with Gasteiger partial charge in [0.2, 0.25) is 0 Å². The van der Waals surface area contributed by atoms with Crippen LogP contribution >= 0.6 is 0 Å². The molecule has 2 aromatic heterocycles. The van der Waals surface area contributed by atoms with E-state index in [0.717, 1.165) is 38.5 Å². The summed E-state index contributed by atoms with van der Waals surface area (Å²) in [6.07, 6.45) is 32.5. The number of fused-ring (bicyclic) bond motifs is 9. The summed E-state index contributed by atoms with van der Waals surface area (Å²) >= 11 is 0. The molecule has 3 heterocycles. The van der Waals surface area contributed by atoms with Crippen LogP contribution in [0.3, 0.4) is 0 Å². The monoisotopic (exact) mass is 623 g/mol. The van der Waals surface area contributed by atoms with Gasteiger partial charge in [0.25, 0.3) is 0 Å². The smallest absolute Gasteiger partial charge is 0.0786 e. The van der Waals surface area contributed by atoms with Crippen LogP contribution in [0.5, 0.6) is 0 Å². The summed E-state index contributed by atoms with van der Waals surface area (Å²) in [5.74, 6) is 0.451. The Labute approximate surface area is 282 Å². The second-order valence-electron chi connectivity index (χ2n) is 14.7. The zero-order valence-electron chi connectivity index (χ0n) is 27.9. The molecule has 0 radical (unpaired) electrons. The summed E-state index contributed by atoms with van der Waals surface area (Å²) in [6, 6.07) is 23.1. The van der Waals surface area contributed by atoms with Crippen molar-refractivity contribution >= 4 is 55.0 Å². The van der Waals surface area contributed by atoms with Crippen molar-refractivity contribution in [1.29, 1.82) is 0 Å². The summed E-state index contributed by atoms with van der Waals surface area (Å²) in [4.78, 5) is 2.69. The lowest BCUT2D eigenvalue weighted by atomic mass is 9.63. The third kappa shape index (κ3) is 3.88. The van der Waals surface area contributed by atoms with Crippen LogP contribution in [0, 0.1) is 11.3 Å². The second kappa shape index (κ2) is 10.5. The molecule has 1 fully saturated rings. The molecule has 1 saturated heterocycles. The maximum Gasteiger partial charge on any atom is 0.0786 e. The molecule has 0 bridgehead atoms. The van der Waals surface area contributed by atoms with Gasteiger partial charge in [-0.3, -0.25) is 0 Å². The number of benzene rings is 3. The number of rotatable bonds is 3. The molecule has 0 saturated carbocycles. The van der Waals surface area contributed by atoms with Crippen LogP contribution in [0.25, 0.3) is 55.0 Å². The second-order valence-corrected chi connectivity index (χ2v) is 14.7. The Morgan fingerprint density at radius 1 is 0.583 bits per heavy atom. The van der Waals surface area contributed by atoms with Gasteiger partial charge < -0.3 is 14.0 Å². The van der Waals surface area contributed by atoms with Crippen molar-refractivity contribution < 1.29 is 0 Å². The van der Waals surface area contributed by atoms with E-state index >= 15 is 0 Å². The first-order chi connectivity index (χ1) is 23.6. The minimum atomic E-state index is 0.112. The number of nitrogens with zero attached hydrogens (tertiary/aromatic N) is 3. The number of aromatic nitrogens is 2. The molecule has 5 aromatic rings. The van der Waals surface area contributed by atoms with Gasteiger partial charge in [0.05, 0.1) is 28.1 Å². The first kappa shape index (κ1) is 28.0. The van der Waals surface area contributed by atoms with Crippen LogP contribution in [0.2, 0.25) is 0 Å². The Hall–Kier alpha value is -5.02. The van der Waals surface area contributed by atoms with Crippen molar-refractivity contribution in [3.05, 3.63) is 144 Å². The van der Waals surface area contributed by atoms with Crippen LogP contribution in [-0.4, -0.2) is 20.1 Å².